The molecule has 7 nitrogen and oxygen atoms in total. The molecule has 1 amide bonds. The first-order valence-electron chi connectivity index (χ1n) is 6.90. The van der Waals surface area contributed by atoms with E-state index in [0.717, 1.165) is 0 Å². The van der Waals surface area contributed by atoms with Gasteiger partial charge in [0.1, 0.15) is 17.2 Å². The molecule has 0 heterocycles. The van der Waals surface area contributed by atoms with E-state index in [1.165, 1.54) is 57.5 Å². The van der Waals surface area contributed by atoms with E-state index in [1.54, 1.807) is 6.07 Å². The van der Waals surface area contributed by atoms with Crippen LogP contribution in [-0.2, 0) is 14.9 Å². The smallest absolute Gasteiger partial charge is 0.343 e. The zero-order chi connectivity index (χ0) is 17.7. The first kappa shape index (κ1) is 17.6. The van der Waals surface area contributed by atoms with Crippen LogP contribution in [0.4, 0.5) is 5.69 Å². The summed E-state index contributed by atoms with van der Waals surface area (Å²) in [6.07, 6.45) is 0. The third-order valence-corrected chi connectivity index (χ3v) is 4.29. The summed E-state index contributed by atoms with van der Waals surface area (Å²) in [6, 6.07) is 10.3. The molecule has 0 saturated heterocycles. The Labute approximate surface area is 140 Å². The van der Waals surface area contributed by atoms with Gasteiger partial charge < -0.3 is 19.0 Å². The molecule has 8 heteroatoms. The number of amides is 1. The van der Waals surface area contributed by atoms with Gasteiger partial charge in [0.2, 0.25) is 5.91 Å². The molecule has 2 aromatic rings. The van der Waals surface area contributed by atoms with Crippen molar-refractivity contribution in [2.75, 3.05) is 19.5 Å². The molecule has 128 valence electrons. The fourth-order valence-corrected chi connectivity index (χ4v) is 3.06. The lowest BCUT2D eigenvalue weighted by Crippen LogP contribution is -2.11. The molecule has 0 aliphatic carbocycles. The molecule has 0 fully saturated rings. The Kier molecular flexibility index (Phi) is 5.30. The van der Waals surface area contributed by atoms with Gasteiger partial charge in [-0.1, -0.05) is 0 Å². The van der Waals surface area contributed by atoms with Gasteiger partial charge in [0, 0.05) is 18.7 Å². The highest BCUT2D eigenvalue weighted by Gasteiger charge is 2.23. The number of benzene rings is 2. The van der Waals surface area contributed by atoms with Crippen LogP contribution < -0.4 is 19.0 Å². The summed E-state index contributed by atoms with van der Waals surface area (Å²) in [4.78, 5) is 10.8. The minimum Gasteiger partial charge on any atom is -0.497 e. The first-order valence-corrected chi connectivity index (χ1v) is 8.30. The maximum atomic E-state index is 12.5. The predicted octanol–water partition coefficient (Wildman–Crippen LogP) is 2.43. The van der Waals surface area contributed by atoms with Crippen LogP contribution in [0, 0.1) is 0 Å². The van der Waals surface area contributed by atoms with Crippen molar-refractivity contribution < 1.29 is 26.9 Å². The molecule has 0 aromatic heterocycles. The molecule has 2 rings (SSSR count). The van der Waals surface area contributed by atoms with Crippen LogP contribution in [0.5, 0.6) is 17.2 Å². The Balaban J connectivity index is 2.29. The van der Waals surface area contributed by atoms with Crippen LogP contribution in [0.3, 0.4) is 0 Å². The van der Waals surface area contributed by atoms with Gasteiger partial charge in [-0.2, -0.15) is 8.42 Å². The number of rotatable bonds is 6. The summed E-state index contributed by atoms with van der Waals surface area (Å²) < 4.78 is 40.2. The highest BCUT2D eigenvalue weighted by Crippen LogP contribution is 2.30. The van der Waals surface area contributed by atoms with Crippen molar-refractivity contribution in [2.45, 2.75) is 11.8 Å². The number of carbonyl (C=O) groups is 1. The third kappa shape index (κ3) is 4.17. The van der Waals surface area contributed by atoms with Gasteiger partial charge in [-0.15, -0.1) is 0 Å². The second kappa shape index (κ2) is 7.22. The Morgan fingerprint density at radius 2 is 1.58 bits per heavy atom. The van der Waals surface area contributed by atoms with E-state index in [1.807, 2.05) is 0 Å². The van der Waals surface area contributed by atoms with E-state index in [0.29, 0.717) is 11.4 Å². The first-order chi connectivity index (χ1) is 11.4. The molecule has 0 unspecified atom stereocenters. The van der Waals surface area contributed by atoms with Crippen LogP contribution in [0.2, 0.25) is 0 Å². The topological polar surface area (TPSA) is 90.9 Å². The Morgan fingerprint density at radius 3 is 2.12 bits per heavy atom. The van der Waals surface area contributed by atoms with Gasteiger partial charge in [0.15, 0.2) is 4.90 Å². The van der Waals surface area contributed by atoms with Gasteiger partial charge >= 0.3 is 10.1 Å². The van der Waals surface area contributed by atoms with Crippen molar-refractivity contribution in [2.24, 2.45) is 0 Å². The van der Waals surface area contributed by atoms with Crippen LogP contribution in [0.15, 0.2) is 47.4 Å². The maximum absolute atomic E-state index is 12.5. The number of carbonyl (C=O) groups excluding carboxylic acids is 1. The van der Waals surface area contributed by atoms with Gasteiger partial charge in [0.05, 0.1) is 14.2 Å². The van der Waals surface area contributed by atoms with Gasteiger partial charge in [-0.3, -0.25) is 4.79 Å². The molecule has 0 atom stereocenters. The number of hydrogen-bond donors (Lipinski definition) is 1. The molecule has 1 N–H and O–H groups in total. The zero-order valence-corrected chi connectivity index (χ0v) is 14.2. The van der Waals surface area contributed by atoms with Crippen LogP contribution >= 0.6 is 0 Å². The minimum absolute atomic E-state index is 0.106. The Hall–Kier alpha value is -2.74. The molecule has 0 spiro atoms. The standard InChI is InChI=1S/C16H17NO6S/c1-11(18)17-12-4-6-13(7-5-12)23-24(19,20)16-10-14(21-2)8-9-15(16)22-3/h4-10H,1-3H3,(H,17,18). The molecule has 0 bridgehead atoms. The summed E-state index contributed by atoms with van der Waals surface area (Å²) in [5.41, 5.74) is 0.534. The van der Waals surface area contributed by atoms with Crippen molar-refractivity contribution in [1.82, 2.24) is 0 Å². The molecular formula is C16H17NO6S. The highest BCUT2D eigenvalue weighted by molar-refractivity contribution is 7.87. The Bertz CT molecular complexity index is 830. The molecule has 2 aromatic carbocycles. The number of ether oxygens (including phenoxy) is 2. The van der Waals surface area contributed by atoms with E-state index in [2.05, 4.69) is 5.32 Å². The predicted molar refractivity (Wildman–Crippen MR) is 88.1 cm³/mol. The molecule has 0 saturated carbocycles. The average Bonchev–Trinajstić information content (AvgIpc) is 2.55. The summed E-state index contributed by atoms with van der Waals surface area (Å²) in [7, 11) is -1.32. The molecule has 0 radical (unpaired) electrons. The van der Waals surface area contributed by atoms with E-state index < -0.39 is 10.1 Å². The van der Waals surface area contributed by atoms with Crippen molar-refractivity contribution in [3.05, 3.63) is 42.5 Å². The van der Waals surface area contributed by atoms with Gasteiger partial charge in [-0.05, 0) is 36.4 Å². The van der Waals surface area contributed by atoms with Crippen molar-refractivity contribution in [3.63, 3.8) is 0 Å². The maximum Gasteiger partial charge on any atom is 0.343 e. The SMILES string of the molecule is COc1ccc(OC)c(S(=O)(=O)Oc2ccc(NC(C)=O)cc2)c1. The van der Waals surface area contributed by atoms with E-state index in [4.69, 9.17) is 13.7 Å². The largest absolute Gasteiger partial charge is 0.497 e. The van der Waals surface area contributed by atoms with Gasteiger partial charge in [-0.25, -0.2) is 0 Å². The highest BCUT2D eigenvalue weighted by atomic mass is 32.2. The monoisotopic (exact) mass is 351 g/mol. The lowest BCUT2D eigenvalue weighted by Gasteiger charge is -2.12. The molecular weight excluding hydrogens is 334 g/mol. The van der Waals surface area contributed by atoms with Crippen LogP contribution in [-0.4, -0.2) is 28.5 Å². The minimum atomic E-state index is -4.12. The third-order valence-electron chi connectivity index (χ3n) is 3.02. The van der Waals surface area contributed by atoms with Crippen molar-refractivity contribution in [1.29, 1.82) is 0 Å². The van der Waals surface area contributed by atoms with E-state index in [-0.39, 0.29) is 22.3 Å². The lowest BCUT2D eigenvalue weighted by molar-refractivity contribution is -0.114. The average molecular weight is 351 g/mol. The Morgan fingerprint density at radius 1 is 0.958 bits per heavy atom. The normalized spacial score (nSPS) is 10.8. The fraction of sp³-hybridized carbons (Fsp3) is 0.188. The number of methoxy groups -OCH3 is 2. The second-order valence-electron chi connectivity index (χ2n) is 4.76. The molecule has 0 aliphatic rings. The lowest BCUT2D eigenvalue weighted by atomic mass is 10.3. The van der Waals surface area contributed by atoms with Crippen LogP contribution in [0.25, 0.3) is 0 Å². The summed E-state index contributed by atoms with van der Waals surface area (Å²) in [5, 5.41) is 2.58. The summed E-state index contributed by atoms with van der Waals surface area (Å²) in [6.45, 7) is 1.38. The van der Waals surface area contributed by atoms with Gasteiger partial charge in [0.25, 0.3) is 0 Å². The zero-order valence-electron chi connectivity index (χ0n) is 13.4. The molecule has 0 aliphatic heterocycles. The van der Waals surface area contributed by atoms with Crippen molar-refractivity contribution in [3.8, 4) is 17.2 Å². The number of nitrogens with one attached hydrogen (secondary N) is 1. The fourth-order valence-electron chi connectivity index (χ4n) is 1.95. The van der Waals surface area contributed by atoms with E-state index >= 15 is 0 Å². The van der Waals surface area contributed by atoms with Crippen molar-refractivity contribution >= 4 is 21.7 Å². The summed E-state index contributed by atoms with van der Waals surface area (Å²) in [5.74, 6) is 0.385. The number of anilines is 1. The second-order valence-corrected chi connectivity index (χ2v) is 6.27. The quantitative estimate of drug-likeness (QED) is 0.804. The van der Waals surface area contributed by atoms with E-state index in [9.17, 15) is 13.2 Å². The number of hydrogen-bond acceptors (Lipinski definition) is 6. The summed E-state index contributed by atoms with van der Waals surface area (Å²) >= 11 is 0. The van der Waals surface area contributed by atoms with Crippen LogP contribution in [0.1, 0.15) is 6.92 Å². The molecule has 24 heavy (non-hydrogen) atoms.